The van der Waals surface area contributed by atoms with Crippen LogP contribution in [0.2, 0.25) is 0 Å². The molecule has 200 valence electrons. The summed E-state index contributed by atoms with van der Waals surface area (Å²) >= 11 is 0. The van der Waals surface area contributed by atoms with Gasteiger partial charge in [0, 0.05) is 18.7 Å². The number of carboxylic acid groups (broad SMARTS) is 2. The van der Waals surface area contributed by atoms with Crippen LogP contribution in [0.25, 0.3) is 11.2 Å². The monoisotopic (exact) mass is 506 g/mol. The normalized spacial score (nSPS) is 14.9. The molecule has 3 heterocycles. The molecule has 1 aliphatic rings. The van der Waals surface area contributed by atoms with Crippen molar-refractivity contribution in [1.29, 1.82) is 0 Å². The predicted octanol–water partition coefficient (Wildman–Crippen LogP) is 2.64. The molecule has 0 spiro atoms. The second-order valence-corrected chi connectivity index (χ2v) is 8.86. The summed E-state index contributed by atoms with van der Waals surface area (Å²) in [5, 5.41) is 15.6. The molecule has 2 aromatic heterocycles. The number of aromatic amines is 1. The summed E-state index contributed by atoms with van der Waals surface area (Å²) in [7, 11) is 0. The molecule has 0 aliphatic carbocycles. The number of nitrogen functional groups attached to an aromatic ring is 1. The molecule has 3 rings (SSSR count). The first kappa shape index (κ1) is 28.8. The van der Waals surface area contributed by atoms with E-state index in [9.17, 15) is 14.4 Å². The molecule has 0 bridgehead atoms. The summed E-state index contributed by atoms with van der Waals surface area (Å²) in [5.74, 6) is -2.26. The van der Waals surface area contributed by atoms with Gasteiger partial charge in [-0.05, 0) is 58.7 Å². The van der Waals surface area contributed by atoms with Gasteiger partial charge >= 0.3 is 23.6 Å². The summed E-state index contributed by atoms with van der Waals surface area (Å²) in [4.78, 5) is 45.5. The van der Waals surface area contributed by atoms with Crippen LogP contribution in [0.4, 0.5) is 5.82 Å². The number of fused-ring (bicyclic) bond motifs is 1. The minimum absolute atomic E-state index is 0.00995. The van der Waals surface area contributed by atoms with Crippen molar-refractivity contribution in [2.24, 2.45) is 0 Å². The number of nitrogens with one attached hydrogen (secondary N) is 1. The lowest BCUT2D eigenvalue weighted by Crippen LogP contribution is -2.30. The number of unbranched alkanes of at least 4 members (excludes halogenated alkanes) is 2. The molecule has 1 aliphatic heterocycles. The smallest absolute Gasteiger partial charge is 0.328 e. The van der Waals surface area contributed by atoms with Gasteiger partial charge < -0.3 is 30.6 Å². The van der Waals surface area contributed by atoms with Crippen molar-refractivity contribution in [1.82, 2.24) is 24.4 Å². The van der Waals surface area contributed by atoms with Gasteiger partial charge in [-0.3, -0.25) is 4.57 Å². The molecule has 1 saturated heterocycles. The number of aliphatic carboxylic acids is 2. The first-order chi connectivity index (χ1) is 17.2. The van der Waals surface area contributed by atoms with Gasteiger partial charge in [-0.25, -0.2) is 14.4 Å². The Morgan fingerprint density at radius 3 is 2.33 bits per heavy atom. The maximum absolute atomic E-state index is 12.4. The molecule has 12 heteroatoms. The van der Waals surface area contributed by atoms with E-state index >= 15 is 0 Å². The molecule has 0 amide bonds. The zero-order valence-electron chi connectivity index (χ0n) is 21.1. The number of anilines is 1. The van der Waals surface area contributed by atoms with E-state index in [1.54, 1.807) is 4.57 Å². The second kappa shape index (κ2) is 14.9. The van der Waals surface area contributed by atoms with Crippen LogP contribution in [0.1, 0.15) is 65.2 Å². The summed E-state index contributed by atoms with van der Waals surface area (Å²) in [6, 6.07) is 0.240. The van der Waals surface area contributed by atoms with Crippen molar-refractivity contribution < 1.29 is 24.5 Å². The number of likely N-dealkylation sites (tertiary alicyclic amines) is 1. The highest BCUT2D eigenvalue weighted by Crippen LogP contribution is 2.19. The number of carboxylic acids is 2. The van der Waals surface area contributed by atoms with Crippen molar-refractivity contribution in [3.63, 3.8) is 0 Å². The Kier molecular flexibility index (Phi) is 11.9. The van der Waals surface area contributed by atoms with E-state index in [0.717, 1.165) is 38.6 Å². The number of hydrogen-bond acceptors (Lipinski definition) is 8. The average molecular weight is 507 g/mol. The fourth-order valence-electron chi connectivity index (χ4n) is 4.04. The molecule has 1 fully saturated rings. The van der Waals surface area contributed by atoms with Crippen molar-refractivity contribution in [3.8, 4) is 6.01 Å². The molecule has 0 radical (unpaired) electrons. The standard InChI is InChI=1S/C20H34N6O2.C4H4O4/c1-3-10-15(2)28-19-23-17(21)16-18(24-19)26(20(27)22-16)14-9-5-8-13-25-11-6-4-7-12-25;5-3(6)1-2-4(7)8/h15H,3-14H2,1-2H3,(H,22,27)(H2,21,23,24);1-2H,(H,5,6)(H,7,8)/t15-;/m0./s1. The van der Waals surface area contributed by atoms with Gasteiger partial charge in [0.25, 0.3) is 0 Å². The molecule has 12 nitrogen and oxygen atoms in total. The number of nitrogens with two attached hydrogens (primary N) is 1. The number of carbonyl (C=O) groups is 2. The Labute approximate surface area is 210 Å². The minimum atomic E-state index is -1.26. The van der Waals surface area contributed by atoms with Gasteiger partial charge in [0.1, 0.15) is 5.52 Å². The Bertz CT molecular complexity index is 1060. The summed E-state index contributed by atoms with van der Waals surface area (Å²) in [5.41, 5.74) is 6.87. The van der Waals surface area contributed by atoms with E-state index in [2.05, 4.69) is 26.8 Å². The molecule has 1 atom stereocenters. The van der Waals surface area contributed by atoms with Crippen LogP contribution in [0, 0.1) is 0 Å². The fourth-order valence-corrected chi connectivity index (χ4v) is 4.04. The lowest BCUT2D eigenvalue weighted by Gasteiger charge is -2.26. The summed E-state index contributed by atoms with van der Waals surface area (Å²) < 4.78 is 7.44. The van der Waals surface area contributed by atoms with Gasteiger partial charge in [-0.15, -0.1) is 0 Å². The van der Waals surface area contributed by atoms with Crippen LogP contribution in [-0.4, -0.2) is 72.3 Å². The number of aryl methyl sites for hydroxylation is 1. The molecule has 0 aromatic carbocycles. The van der Waals surface area contributed by atoms with Gasteiger partial charge in [0.2, 0.25) is 0 Å². The van der Waals surface area contributed by atoms with E-state index in [1.165, 1.54) is 32.4 Å². The summed E-state index contributed by atoms with van der Waals surface area (Å²) in [6.07, 6.45) is 10.3. The number of aromatic nitrogens is 4. The number of rotatable bonds is 12. The predicted molar refractivity (Wildman–Crippen MR) is 136 cm³/mol. The number of imidazole rings is 1. The highest BCUT2D eigenvalue weighted by molar-refractivity contribution is 5.89. The zero-order chi connectivity index (χ0) is 26.5. The molecular weight excluding hydrogens is 468 g/mol. The van der Waals surface area contributed by atoms with Crippen molar-refractivity contribution in [3.05, 3.63) is 22.6 Å². The van der Waals surface area contributed by atoms with E-state index < -0.39 is 11.9 Å². The number of piperidine rings is 1. The van der Waals surface area contributed by atoms with Crippen LogP contribution in [0.15, 0.2) is 16.9 Å². The van der Waals surface area contributed by atoms with Crippen molar-refractivity contribution >= 4 is 28.9 Å². The van der Waals surface area contributed by atoms with Gasteiger partial charge in [0.15, 0.2) is 11.5 Å². The van der Waals surface area contributed by atoms with Gasteiger partial charge in [-0.1, -0.05) is 26.2 Å². The largest absolute Gasteiger partial charge is 0.478 e. The van der Waals surface area contributed by atoms with Crippen LogP contribution in [0.5, 0.6) is 6.01 Å². The number of nitrogens with zero attached hydrogens (tertiary/aromatic N) is 4. The van der Waals surface area contributed by atoms with E-state index in [1.807, 2.05) is 6.92 Å². The fraction of sp³-hybridized carbons (Fsp3) is 0.625. The topological polar surface area (TPSA) is 177 Å². The Balaban J connectivity index is 0.000000493. The highest BCUT2D eigenvalue weighted by atomic mass is 16.5. The molecule has 5 N–H and O–H groups in total. The van der Waals surface area contributed by atoms with E-state index in [4.69, 9.17) is 20.7 Å². The first-order valence-corrected chi connectivity index (χ1v) is 12.5. The minimum Gasteiger partial charge on any atom is -0.478 e. The van der Waals surface area contributed by atoms with Crippen LogP contribution < -0.4 is 16.2 Å². The Morgan fingerprint density at radius 1 is 1.08 bits per heavy atom. The molecular formula is C24H38N6O6. The maximum Gasteiger partial charge on any atom is 0.328 e. The van der Waals surface area contributed by atoms with E-state index in [0.29, 0.717) is 29.9 Å². The van der Waals surface area contributed by atoms with Crippen LogP contribution in [-0.2, 0) is 16.1 Å². The molecule has 0 saturated carbocycles. The first-order valence-electron chi connectivity index (χ1n) is 12.5. The number of ether oxygens (including phenoxy) is 1. The second-order valence-electron chi connectivity index (χ2n) is 8.86. The maximum atomic E-state index is 12.4. The average Bonchev–Trinajstić information content (AvgIpc) is 3.14. The molecule has 36 heavy (non-hydrogen) atoms. The third kappa shape index (κ3) is 9.68. The highest BCUT2D eigenvalue weighted by Gasteiger charge is 2.16. The Hall–Kier alpha value is -3.41. The van der Waals surface area contributed by atoms with Gasteiger partial charge in [0.05, 0.1) is 6.10 Å². The van der Waals surface area contributed by atoms with Gasteiger partial charge in [-0.2, -0.15) is 9.97 Å². The number of hydrogen-bond donors (Lipinski definition) is 4. The summed E-state index contributed by atoms with van der Waals surface area (Å²) in [6.45, 7) is 8.34. The quantitative estimate of drug-likeness (QED) is 0.247. The molecule has 0 unspecified atom stereocenters. The van der Waals surface area contributed by atoms with Crippen molar-refractivity contribution in [2.45, 2.75) is 77.9 Å². The SMILES string of the molecule is CCC[C@H](C)Oc1nc(N)c2[nH]c(=O)n(CCCCCN3CCCCC3)c2n1.O=C(O)C=CC(=O)O. The lowest BCUT2D eigenvalue weighted by atomic mass is 10.1. The lowest BCUT2D eigenvalue weighted by molar-refractivity contribution is -0.134. The van der Waals surface area contributed by atoms with Crippen LogP contribution in [0.3, 0.4) is 0 Å². The Morgan fingerprint density at radius 2 is 1.72 bits per heavy atom. The number of H-pyrrole nitrogens is 1. The van der Waals surface area contributed by atoms with Crippen molar-refractivity contribution in [2.75, 3.05) is 25.4 Å². The zero-order valence-corrected chi connectivity index (χ0v) is 21.1. The molecule has 2 aromatic rings. The third-order valence-electron chi connectivity index (χ3n) is 5.81. The van der Waals surface area contributed by atoms with Crippen LogP contribution >= 0.6 is 0 Å². The van der Waals surface area contributed by atoms with E-state index in [-0.39, 0.29) is 23.6 Å². The third-order valence-corrected chi connectivity index (χ3v) is 5.81.